The van der Waals surface area contributed by atoms with Crippen LogP contribution in [0.25, 0.3) is 0 Å². The van der Waals surface area contributed by atoms with Crippen LogP contribution in [-0.2, 0) is 25.7 Å². The molecule has 3 aliphatic rings. The Labute approximate surface area is 182 Å². The fraction of sp³-hybridized carbons (Fsp3) is 0.400. The molecule has 0 aromatic heterocycles. The molecule has 0 saturated heterocycles. The normalized spacial score (nSPS) is 28.1. The molecule has 4 rings (SSSR count). The largest absolute Gasteiger partial charge is 0.465 e. The average Bonchev–Trinajstić information content (AvgIpc) is 3.30. The lowest BCUT2D eigenvalue weighted by Gasteiger charge is -2.42. The van der Waals surface area contributed by atoms with Gasteiger partial charge >= 0.3 is 5.97 Å². The van der Waals surface area contributed by atoms with Crippen LogP contribution in [0.4, 0.5) is 0 Å². The zero-order chi connectivity index (χ0) is 22.2. The van der Waals surface area contributed by atoms with Crippen LogP contribution in [0.3, 0.4) is 0 Å². The number of fused-ring (bicyclic) bond motifs is 1. The maximum atomic E-state index is 11.8. The van der Waals surface area contributed by atoms with E-state index in [4.69, 9.17) is 14.3 Å². The first kappa shape index (κ1) is 21.2. The van der Waals surface area contributed by atoms with E-state index in [-0.39, 0.29) is 23.8 Å². The number of nitrogens with zero attached hydrogens (tertiary/aromatic N) is 1. The quantitative estimate of drug-likeness (QED) is 0.527. The number of esters is 1. The number of benzene rings is 1. The molecule has 0 radical (unpaired) electrons. The Morgan fingerprint density at radius 2 is 1.94 bits per heavy atom. The Hall–Kier alpha value is -2.99. The number of carbonyl (C=O) groups excluding carboxylic acids is 2. The predicted octanol–water partition coefficient (Wildman–Crippen LogP) is 4.17. The van der Waals surface area contributed by atoms with E-state index in [0.29, 0.717) is 12.2 Å². The highest BCUT2D eigenvalue weighted by Crippen LogP contribution is 2.58. The summed E-state index contributed by atoms with van der Waals surface area (Å²) >= 11 is 0. The summed E-state index contributed by atoms with van der Waals surface area (Å²) in [6.07, 6.45) is 8.13. The maximum Gasteiger partial charge on any atom is 0.337 e. The number of ketones is 1. The molecule has 0 amide bonds. The van der Waals surface area contributed by atoms with E-state index in [0.717, 1.165) is 29.7 Å². The van der Waals surface area contributed by atoms with Gasteiger partial charge in [0.15, 0.2) is 11.4 Å². The molecule has 6 nitrogen and oxygen atoms in total. The standard InChI is InChI=1S/C25H27NO5/c1-16(2)20-13-22(30-15-18-5-7-19(8-6-18)23(28)29-4)25(14-20)17(3)26-31-24(25)11-9-21(27)10-12-24/h5-12,20,22H,1,13-15H2,2-4H3/t20-,22-,25-/m0/s1. The second-order valence-electron chi connectivity index (χ2n) is 8.57. The molecule has 31 heavy (non-hydrogen) atoms. The first-order chi connectivity index (χ1) is 14.8. The van der Waals surface area contributed by atoms with Crippen LogP contribution >= 0.6 is 0 Å². The number of methoxy groups -OCH3 is 1. The number of hydrogen-bond acceptors (Lipinski definition) is 6. The third-order valence-electron chi connectivity index (χ3n) is 6.81. The molecule has 1 aromatic rings. The van der Waals surface area contributed by atoms with Crippen molar-refractivity contribution in [3.8, 4) is 0 Å². The molecular weight excluding hydrogens is 394 g/mol. The lowest BCUT2D eigenvalue weighted by Crippen LogP contribution is -2.53. The molecule has 2 spiro atoms. The molecule has 1 fully saturated rings. The van der Waals surface area contributed by atoms with Gasteiger partial charge in [0.1, 0.15) is 0 Å². The first-order valence-electron chi connectivity index (χ1n) is 10.4. The summed E-state index contributed by atoms with van der Waals surface area (Å²) < 4.78 is 11.2. The summed E-state index contributed by atoms with van der Waals surface area (Å²) in [5, 5.41) is 4.35. The van der Waals surface area contributed by atoms with Crippen molar-refractivity contribution in [3.05, 3.63) is 71.8 Å². The Bertz CT molecular complexity index is 987. The summed E-state index contributed by atoms with van der Waals surface area (Å²) in [5.74, 6) is -0.171. The fourth-order valence-electron chi connectivity index (χ4n) is 4.96. The topological polar surface area (TPSA) is 74.2 Å². The van der Waals surface area contributed by atoms with Crippen LogP contribution in [0.5, 0.6) is 0 Å². The zero-order valence-corrected chi connectivity index (χ0v) is 18.1. The average molecular weight is 421 g/mol. The van der Waals surface area contributed by atoms with Gasteiger partial charge in [-0.25, -0.2) is 4.79 Å². The minimum absolute atomic E-state index is 0.0634. The molecule has 2 aliphatic carbocycles. The number of allylic oxidation sites excluding steroid dienone is 3. The third kappa shape index (κ3) is 3.45. The van der Waals surface area contributed by atoms with Gasteiger partial charge in [0.25, 0.3) is 0 Å². The second-order valence-corrected chi connectivity index (χ2v) is 8.57. The summed E-state index contributed by atoms with van der Waals surface area (Å²) in [6.45, 7) is 8.57. The number of carbonyl (C=O) groups is 2. The summed E-state index contributed by atoms with van der Waals surface area (Å²) in [5.41, 5.74) is 2.06. The summed E-state index contributed by atoms with van der Waals surface area (Å²) in [7, 11) is 1.36. The molecule has 0 unspecified atom stereocenters. The highest BCUT2D eigenvalue weighted by atomic mass is 16.7. The lowest BCUT2D eigenvalue weighted by atomic mass is 9.64. The number of oxime groups is 1. The minimum Gasteiger partial charge on any atom is -0.465 e. The van der Waals surface area contributed by atoms with Gasteiger partial charge < -0.3 is 14.3 Å². The van der Waals surface area contributed by atoms with Crippen molar-refractivity contribution in [3.63, 3.8) is 0 Å². The zero-order valence-electron chi connectivity index (χ0n) is 18.1. The molecule has 0 N–H and O–H groups in total. The molecule has 3 atom stereocenters. The van der Waals surface area contributed by atoms with E-state index < -0.39 is 11.0 Å². The third-order valence-corrected chi connectivity index (χ3v) is 6.81. The highest BCUT2D eigenvalue weighted by molar-refractivity contribution is 6.02. The number of hydrogen-bond donors (Lipinski definition) is 0. The molecule has 162 valence electrons. The van der Waals surface area contributed by atoms with Crippen molar-refractivity contribution >= 4 is 17.5 Å². The van der Waals surface area contributed by atoms with E-state index in [1.807, 2.05) is 38.1 Å². The van der Waals surface area contributed by atoms with Gasteiger partial charge in [-0.3, -0.25) is 4.79 Å². The van der Waals surface area contributed by atoms with Crippen LogP contribution in [0.2, 0.25) is 0 Å². The van der Waals surface area contributed by atoms with Gasteiger partial charge in [0.2, 0.25) is 0 Å². The second kappa shape index (κ2) is 7.93. The summed E-state index contributed by atoms with van der Waals surface area (Å²) in [4.78, 5) is 29.4. The van der Waals surface area contributed by atoms with Gasteiger partial charge in [-0.1, -0.05) is 29.4 Å². The lowest BCUT2D eigenvalue weighted by molar-refractivity contribution is -0.112. The Balaban J connectivity index is 1.62. The number of rotatable bonds is 5. The van der Waals surface area contributed by atoms with Gasteiger partial charge in [-0.15, -0.1) is 0 Å². The van der Waals surface area contributed by atoms with Crippen LogP contribution in [-0.4, -0.2) is 36.3 Å². The Kier molecular flexibility index (Phi) is 5.43. The molecule has 1 aliphatic heterocycles. The van der Waals surface area contributed by atoms with Crippen LogP contribution < -0.4 is 0 Å². The van der Waals surface area contributed by atoms with Crippen molar-refractivity contribution in [2.45, 2.75) is 45.0 Å². The Morgan fingerprint density at radius 1 is 1.26 bits per heavy atom. The van der Waals surface area contributed by atoms with Crippen LogP contribution in [0.1, 0.15) is 42.6 Å². The Morgan fingerprint density at radius 3 is 2.55 bits per heavy atom. The van der Waals surface area contributed by atoms with Crippen molar-refractivity contribution in [1.29, 1.82) is 0 Å². The van der Waals surface area contributed by atoms with Crippen LogP contribution in [0, 0.1) is 11.3 Å². The molecule has 1 aromatic carbocycles. The van der Waals surface area contributed by atoms with Crippen molar-refractivity contribution < 1.29 is 23.9 Å². The first-order valence-corrected chi connectivity index (χ1v) is 10.4. The molecular formula is C25H27NO5. The molecule has 0 bridgehead atoms. The smallest absolute Gasteiger partial charge is 0.337 e. The van der Waals surface area contributed by atoms with Gasteiger partial charge in [-0.05, 0) is 74.6 Å². The van der Waals surface area contributed by atoms with E-state index >= 15 is 0 Å². The monoisotopic (exact) mass is 421 g/mol. The SMILES string of the molecule is C=C(C)[C@H]1C[C@H](OCc2ccc(C(=O)OC)cc2)[C@]2(C1)C(C)=NOC21C=CC(=O)C=C1. The number of ether oxygens (including phenoxy) is 2. The highest BCUT2D eigenvalue weighted by Gasteiger charge is 2.66. The predicted molar refractivity (Wildman–Crippen MR) is 117 cm³/mol. The van der Waals surface area contributed by atoms with Crippen molar-refractivity contribution in [1.82, 2.24) is 0 Å². The van der Waals surface area contributed by atoms with Crippen molar-refractivity contribution in [2.24, 2.45) is 16.5 Å². The van der Waals surface area contributed by atoms with Crippen LogP contribution in [0.15, 0.2) is 65.9 Å². The van der Waals surface area contributed by atoms with E-state index in [9.17, 15) is 9.59 Å². The minimum atomic E-state index is -0.839. The fourth-order valence-corrected chi connectivity index (χ4v) is 4.96. The van der Waals surface area contributed by atoms with Gasteiger partial charge in [-0.2, -0.15) is 0 Å². The van der Waals surface area contributed by atoms with Gasteiger partial charge in [0, 0.05) is 0 Å². The van der Waals surface area contributed by atoms with E-state index in [1.54, 1.807) is 24.3 Å². The van der Waals surface area contributed by atoms with Crippen molar-refractivity contribution in [2.75, 3.05) is 7.11 Å². The molecule has 6 heteroatoms. The molecule has 1 saturated carbocycles. The molecule has 1 heterocycles. The van der Waals surface area contributed by atoms with E-state index in [1.165, 1.54) is 7.11 Å². The van der Waals surface area contributed by atoms with E-state index in [2.05, 4.69) is 11.7 Å². The van der Waals surface area contributed by atoms with Gasteiger partial charge in [0.05, 0.1) is 36.5 Å². The maximum absolute atomic E-state index is 11.8. The summed E-state index contributed by atoms with van der Waals surface area (Å²) in [6, 6.07) is 7.20.